The van der Waals surface area contributed by atoms with E-state index in [1.54, 1.807) is 11.8 Å². The molecule has 0 bridgehead atoms. The summed E-state index contributed by atoms with van der Waals surface area (Å²) >= 11 is 2.61. The second kappa shape index (κ2) is 5.98. The molecule has 0 saturated carbocycles. The molecule has 1 atom stereocenters. The number of amides is 2. The molecule has 0 radical (unpaired) electrons. The van der Waals surface area contributed by atoms with Crippen molar-refractivity contribution in [3.8, 4) is 0 Å². The van der Waals surface area contributed by atoms with Gasteiger partial charge in [-0.2, -0.15) is 14.3 Å². The predicted octanol–water partition coefficient (Wildman–Crippen LogP) is 2.32. The molecule has 0 aliphatic carbocycles. The number of carbonyl (C=O) groups excluding carboxylic acids is 1. The fraction of sp³-hybridized carbons (Fsp3) is 0.545. The second-order valence-corrected chi connectivity index (χ2v) is 6.06. The maximum Gasteiger partial charge on any atom is 0.324 e. The Morgan fingerprint density at radius 1 is 1.52 bits per heavy atom. The molecule has 1 unspecified atom stereocenters. The third-order valence-corrected chi connectivity index (χ3v) is 4.45. The Labute approximate surface area is 129 Å². The average molecular weight is 326 g/mol. The minimum atomic E-state index is -0.205. The van der Waals surface area contributed by atoms with Crippen molar-refractivity contribution in [1.82, 2.24) is 24.4 Å². The Morgan fingerprint density at radius 3 is 3.05 bits per heavy atom. The molecule has 1 N–H and O–H groups in total. The summed E-state index contributed by atoms with van der Waals surface area (Å²) < 4.78 is 9.11. The first-order valence-electron chi connectivity index (χ1n) is 6.43. The number of hydrogen-bond acceptors (Lipinski definition) is 8. The van der Waals surface area contributed by atoms with Crippen molar-refractivity contribution >= 4 is 34.5 Å². The van der Waals surface area contributed by atoms with Crippen molar-refractivity contribution in [2.45, 2.75) is 31.0 Å². The first-order valence-corrected chi connectivity index (χ1v) is 8.42. The van der Waals surface area contributed by atoms with Crippen LogP contribution in [-0.4, -0.2) is 43.2 Å². The number of aryl methyl sites for hydroxylation is 1. The Hall–Kier alpha value is -1.68. The highest BCUT2D eigenvalue weighted by Gasteiger charge is 2.33. The van der Waals surface area contributed by atoms with E-state index >= 15 is 0 Å². The Balaban J connectivity index is 1.71. The van der Waals surface area contributed by atoms with Crippen molar-refractivity contribution in [3.63, 3.8) is 0 Å². The van der Waals surface area contributed by atoms with Gasteiger partial charge in [0.15, 0.2) is 5.82 Å². The van der Waals surface area contributed by atoms with Gasteiger partial charge < -0.3 is 9.42 Å². The van der Waals surface area contributed by atoms with Gasteiger partial charge in [0.1, 0.15) is 0 Å². The van der Waals surface area contributed by atoms with E-state index in [2.05, 4.69) is 24.8 Å². The van der Waals surface area contributed by atoms with E-state index in [9.17, 15) is 4.79 Å². The molecule has 2 aromatic heterocycles. The van der Waals surface area contributed by atoms with E-state index < -0.39 is 0 Å². The standard InChI is InChI=1S/C11H14N6O2S2/c1-6-12-8(15-19-6)7-4-3-5-17(7)11(18)14-9-13-10(20-2)16-21-9/h7H,3-5H2,1-2H3,(H,13,14,16,18). The van der Waals surface area contributed by atoms with Crippen LogP contribution in [0.1, 0.15) is 30.6 Å². The van der Waals surface area contributed by atoms with Gasteiger partial charge in [-0.25, -0.2) is 4.79 Å². The molecule has 2 aromatic rings. The highest BCUT2D eigenvalue weighted by Crippen LogP contribution is 2.31. The maximum absolute atomic E-state index is 12.4. The molecule has 0 aromatic carbocycles. The molecule has 1 aliphatic rings. The molecule has 2 amide bonds. The summed E-state index contributed by atoms with van der Waals surface area (Å²) in [6.45, 7) is 2.40. The fourth-order valence-electron chi connectivity index (χ4n) is 2.24. The van der Waals surface area contributed by atoms with E-state index in [4.69, 9.17) is 4.52 Å². The number of thioether (sulfide) groups is 1. The van der Waals surface area contributed by atoms with Crippen LogP contribution in [0.25, 0.3) is 0 Å². The number of nitrogens with zero attached hydrogens (tertiary/aromatic N) is 5. The molecular weight excluding hydrogens is 312 g/mol. The number of rotatable bonds is 3. The van der Waals surface area contributed by atoms with Crippen LogP contribution in [0.4, 0.5) is 9.93 Å². The fourth-order valence-corrected chi connectivity index (χ4v) is 3.35. The maximum atomic E-state index is 12.4. The van der Waals surface area contributed by atoms with Gasteiger partial charge in [0, 0.05) is 25.0 Å². The van der Waals surface area contributed by atoms with Gasteiger partial charge in [-0.1, -0.05) is 16.9 Å². The van der Waals surface area contributed by atoms with Crippen LogP contribution < -0.4 is 5.32 Å². The summed E-state index contributed by atoms with van der Waals surface area (Å²) in [5, 5.41) is 7.85. The molecule has 1 fully saturated rings. The van der Waals surface area contributed by atoms with Gasteiger partial charge in [0.2, 0.25) is 16.2 Å². The van der Waals surface area contributed by atoms with Crippen molar-refractivity contribution in [1.29, 1.82) is 0 Å². The quantitative estimate of drug-likeness (QED) is 0.864. The van der Waals surface area contributed by atoms with E-state index in [0.29, 0.717) is 28.5 Å². The van der Waals surface area contributed by atoms with Gasteiger partial charge in [-0.15, -0.1) is 0 Å². The van der Waals surface area contributed by atoms with E-state index in [1.165, 1.54) is 23.3 Å². The topological polar surface area (TPSA) is 97.0 Å². The third kappa shape index (κ3) is 3.00. The first-order chi connectivity index (χ1) is 10.2. The van der Waals surface area contributed by atoms with Crippen molar-refractivity contribution < 1.29 is 9.32 Å². The van der Waals surface area contributed by atoms with Gasteiger partial charge in [0.05, 0.1) is 6.04 Å². The SMILES string of the molecule is CSc1nsc(NC(=O)N2CCCC2c2noc(C)n2)n1. The average Bonchev–Trinajstić information content (AvgIpc) is 3.17. The van der Waals surface area contributed by atoms with Crippen LogP contribution in [-0.2, 0) is 0 Å². The monoisotopic (exact) mass is 326 g/mol. The van der Waals surface area contributed by atoms with Gasteiger partial charge >= 0.3 is 6.03 Å². The number of urea groups is 1. The molecule has 10 heteroatoms. The molecule has 1 saturated heterocycles. The minimum Gasteiger partial charge on any atom is -0.340 e. The number of nitrogens with one attached hydrogen (secondary N) is 1. The first kappa shape index (κ1) is 14.3. The van der Waals surface area contributed by atoms with Gasteiger partial charge in [-0.05, 0) is 19.1 Å². The zero-order chi connectivity index (χ0) is 14.8. The zero-order valence-electron chi connectivity index (χ0n) is 11.6. The largest absolute Gasteiger partial charge is 0.340 e. The zero-order valence-corrected chi connectivity index (χ0v) is 13.2. The molecule has 3 heterocycles. The summed E-state index contributed by atoms with van der Waals surface area (Å²) in [5.74, 6) is 1.06. The van der Waals surface area contributed by atoms with E-state index in [1.807, 2.05) is 6.26 Å². The lowest BCUT2D eigenvalue weighted by Gasteiger charge is -2.21. The minimum absolute atomic E-state index is 0.143. The molecular formula is C11H14N6O2S2. The number of hydrogen-bond donors (Lipinski definition) is 1. The Morgan fingerprint density at radius 2 is 2.38 bits per heavy atom. The number of anilines is 1. The normalized spacial score (nSPS) is 18.2. The molecule has 1 aliphatic heterocycles. The Bertz CT molecular complexity index is 642. The summed E-state index contributed by atoms with van der Waals surface area (Å²) in [4.78, 5) is 22.5. The van der Waals surface area contributed by atoms with Crippen molar-refractivity contribution in [3.05, 3.63) is 11.7 Å². The van der Waals surface area contributed by atoms with Gasteiger partial charge in [-0.3, -0.25) is 5.32 Å². The van der Waals surface area contributed by atoms with E-state index in [-0.39, 0.29) is 12.1 Å². The number of likely N-dealkylation sites (tertiary alicyclic amines) is 1. The summed E-state index contributed by atoms with van der Waals surface area (Å²) in [6, 6.07) is -0.348. The summed E-state index contributed by atoms with van der Waals surface area (Å²) in [5.41, 5.74) is 0. The van der Waals surface area contributed by atoms with Crippen molar-refractivity contribution in [2.75, 3.05) is 18.1 Å². The lowest BCUT2D eigenvalue weighted by Crippen LogP contribution is -2.34. The molecule has 8 nitrogen and oxygen atoms in total. The van der Waals surface area contributed by atoms with Crippen LogP contribution in [0.2, 0.25) is 0 Å². The molecule has 112 valence electrons. The number of aromatic nitrogens is 4. The Kier molecular flexibility index (Phi) is 4.06. The van der Waals surface area contributed by atoms with Crippen LogP contribution >= 0.6 is 23.3 Å². The summed E-state index contributed by atoms with van der Waals surface area (Å²) in [6.07, 6.45) is 3.64. The van der Waals surface area contributed by atoms with Crippen LogP contribution in [0, 0.1) is 6.92 Å². The second-order valence-electron chi connectivity index (χ2n) is 4.54. The summed E-state index contributed by atoms with van der Waals surface area (Å²) in [7, 11) is 0. The predicted molar refractivity (Wildman–Crippen MR) is 78.4 cm³/mol. The van der Waals surface area contributed by atoms with Crippen LogP contribution in [0.15, 0.2) is 9.68 Å². The highest BCUT2D eigenvalue weighted by atomic mass is 32.2. The van der Waals surface area contributed by atoms with Crippen LogP contribution in [0.3, 0.4) is 0 Å². The van der Waals surface area contributed by atoms with Crippen LogP contribution in [0.5, 0.6) is 0 Å². The number of carbonyl (C=O) groups is 1. The third-order valence-electron chi connectivity index (χ3n) is 3.16. The highest BCUT2D eigenvalue weighted by molar-refractivity contribution is 7.98. The van der Waals surface area contributed by atoms with Gasteiger partial charge in [0.25, 0.3) is 0 Å². The lowest BCUT2D eigenvalue weighted by molar-refractivity contribution is 0.204. The van der Waals surface area contributed by atoms with E-state index in [0.717, 1.165) is 12.8 Å². The molecule has 3 rings (SSSR count). The molecule has 0 spiro atoms. The van der Waals surface area contributed by atoms with Crippen molar-refractivity contribution in [2.24, 2.45) is 0 Å². The molecule has 21 heavy (non-hydrogen) atoms. The smallest absolute Gasteiger partial charge is 0.324 e. The lowest BCUT2D eigenvalue weighted by atomic mass is 10.2.